The summed E-state index contributed by atoms with van der Waals surface area (Å²) in [6.45, 7) is 12.0. The first kappa shape index (κ1) is 22.1. The topological polar surface area (TPSA) is 72.9 Å². The second-order valence-corrected chi connectivity index (χ2v) is 7.47. The third-order valence-electron chi connectivity index (χ3n) is 2.78. The summed E-state index contributed by atoms with van der Waals surface area (Å²) in [7, 11) is 1.15. The zero-order valence-electron chi connectivity index (χ0n) is 14.7. The summed E-state index contributed by atoms with van der Waals surface area (Å²) in [5.74, 6) is -4.04. The summed E-state index contributed by atoms with van der Waals surface area (Å²) in [4.78, 5) is 38.8. The summed E-state index contributed by atoms with van der Waals surface area (Å²) in [6.07, 6.45) is -0.873. The molecule has 23 heavy (non-hydrogen) atoms. The lowest BCUT2D eigenvalue weighted by Crippen LogP contribution is -2.50. The number of esters is 2. The number of nitrogens with zero attached hydrogens (tertiary/aromatic N) is 1. The van der Waals surface area contributed by atoms with Gasteiger partial charge >= 0.3 is 11.9 Å². The smallest absolute Gasteiger partial charge is 0.330 e. The van der Waals surface area contributed by atoms with Gasteiger partial charge in [-0.3, -0.25) is 14.4 Å². The number of amides is 1. The Bertz CT molecular complexity index is 404. The van der Waals surface area contributed by atoms with Crippen LogP contribution in [-0.2, 0) is 23.9 Å². The van der Waals surface area contributed by atoms with Crippen LogP contribution in [0.25, 0.3) is 0 Å². The molecule has 0 saturated heterocycles. The SMILES string of the molecule is CC(C)OC(=O)C(C(=O)OC(C)C)C(=O)N(C(C)C)C(C)SS. The third-order valence-corrected chi connectivity index (χ3v) is 4.22. The Balaban J connectivity index is 5.58. The summed E-state index contributed by atoms with van der Waals surface area (Å²) in [5, 5.41) is -0.313. The van der Waals surface area contributed by atoms with Gasteiger partial charge < -0.3 is 14.4 Å². The van der Waals surface area contributed by atoms with Gasteiger partial charge in [-0.05, 0) is 48.5 Å². The van der Waals surface area contributed by atoms with Crippen LogP contribution in [0.4, 0.5) is 0 Å². The first-order valence-electron chi connectivity index (χ1n) is 7.56. The van der Waals surface area contributed by atoms with E-state index < -0.39 is 36.0 Å². The molecule has 0 rings (SSSR count). The molecule has 0 aliphatic heterocycles. The first-order chi connectivity index (χ1) is 10.5. The van der Waals surface area contributed by atoms with Crippen LogP contribution >= 0.6 is 22.5 Å². The molecule has 0 N–H and O–H groups in total. The van der Waals surface area contributed by atoms with Crippen LogP contribution < -0.4 is 0 Å². The number of hydrogen-bond acceptors (Lipinski definition) is 7. The summed E-state index contributed by atoms with van der Waals surface area (Å²) in [5.41, 5.74) is 0. The van der Waals surface area contributed by atoms with Crippen molar-refractivity contribution in [2.75, 3.05) is 0 Å². The molecule has 8 heteroatoms. The van der Waals surface area contributed by atoms with Gasteiger partial charge in [-0.25, -0.2) is 0 Å². The van der Waals surface area contributed by atoms with Crippen molar-refractivity contribution in [3.63, 3.8) is 0 Å². The van der Waals surface area contributed by atoms with Crippen LogP contribution in [0.5, 0.6) is 0 Å². The molecule has 0 aliphatic carbocycles. The summed E-state index contributed by atoms with van der Waals surface area (Å²) < 4.78 is 10.1. The van der Waals surface area contributed by atoms with E-state index in [4.69, 9.17) is 9.47 Å². The second kappa shape index (κ2) is 10.1. The highest BCUT2D eigenvalue weighted by molar-refractivity contribution is 8.68. The van der Waals surface area contributed by atoms with Crippen LogP contribution in [0, 0.1) is 5.92 Å². The van der Waals surface area contributed by atoms with Gasteiger partial charge in [-0.1, -0.05) is 10.8 Å². The molecule has 0 spiro atoms. The van der Waals surface area contributed by atoms with Gasteiger partial charge in [0.1, 0.15) is 0 Å². The Morgan fingerprint density at radius 3 is 1.52 bits per heavy atom. The van der Waals surface area contributed by atoms with Crippen molar-refractivity contribution in [3.05, 3.63) is 0 Å². The fraction of sp³-hybridized carbons (Fsp3) is 0.800. The molecule has 0 bridgehead atoms. The predicted octanol–water partition coefficient (Wildman–Crippen LogP) is 2.67. The van der Waals surface area contributed by atoms with E-state index in [0.29, 0.717) is 0 Å². The Morgan fingerprint density at radius 2 is 1.26 bits per heavy atom. The lowest BCUT2D eigenvalue weighted by molar-refractivity contribution is -0.171. The number of hydrogen-bond donors (Lipinski definition) is 1. The van der Waals surface area contributed by atoms with Crippen molar-refractivity contribution in [1.82, 2.24) is 4.90 Å². The maximum absolute atomic E-state index is 12.8. The van der Waals surface area contributed by atoms with Crippen molar-refractivity contribution in [1.29, 1.82) is 0 Å². The molecule has 0 aliphatic rings. The molecular formula is C15H27NO5S2. The van der Waals surface area contributed by atoms with E-state index in [1.165, 1.54) is 4.90 Å². The lowest BCUT2D eigenvalue weighted by Gasteiger charge is -2.33. The standard InChI is InChI=1S/C15H27NO5S2/c1-8(2)16(11(7)23-22)13(17)12(14(18)20-9(3)4)15(19)21-10(5)6/h8-12,22H,1-7H3. The van der Waals surface area contributed by atoms with Crippen molar-refractivity contribution in [2.24, 2.45) is 5.92 Å². The van der Waals surface area contributed by atoms with Crippen LogP contribution in [0.15, 0.2) is 0 Å². The molecule has 0 aromatic heterocycles. The van der Waals surface area contributed by atoms with Gasteiger partial charge in [0, 0.05) is 6.04 Å². The maximum atomic E-state index is 12.8. The minimum Gasteiger partial charge on any atom is -0.462 e. The molecule has 0 radical (unpaired) electrons. The molecule has 0 aromatic rings. The van der Waals surface area contributed by atoms with Crippen molar-refractivity contribution in [2.45, 2.75) is 72.1 Å². The maximum Gasteiger partial charge on any atom is 0.330 e. The molecule has 6 nitrogen and oxygen atoms in total. The van der Waals surface area contributed by atoms with E-state index in [0.717, 1.165) is 10.8 Å². The highest BCUT2D eigenvalue weighted by Gasteiger charge is 2.42. The molecule has 0 heterocycles. The Labute approximate surface area is 147 Å². The van der Waals surface area contributed by atoms with E-state index in [-0.39, 0.29) is 11.4 Å². The highest BCUT2D eigenvalue weighted by atomic mass is 33.1. The van der Waals surface area contributed by atoms with E-state index in [1.54, 1.807) is 48.5 Å². The summed E-state index contributed by atoms with van der Waals surface area (Å²) in [6, 6.07) is -0.210. The van der Waals surface area contributed by atoms with E-state index in [2.05, 4.69) is 11.7 Å². The molecular weight excluding hydrogens is 338 g/mol. The summed E-state index contributed by atoms with van der Waals surface area (Å²) >= 11 is 4.12. The van der Waals surface area contributed by atoms with Crippen molar-refractivity contribution in [3.8, 4) is 0 Å². The van der Waals surface area contributed by atoms with E-state index >= 15 is 0 Å². The molecule has 0 saturated carbocycles. The minimum absolute atomic E-state index is 0.210. The monoisotopic (exact) mass is 365 g/mol. The molecule has 1 unspecified atom stereocenters. The highest BCUT2D eigenvalue weighted by Crippen LogP contribution is 2.24. The molecule has 0 aromatic carbocycles. The molecule has 0 fully saturated rings. The van der Waals surface area contributed by atoms with Gasteiger partial charge in [-0.2, -0.15) is 0 Å². The number of ether oxygens (including phenoxy) is 2. The van der Waals surface area contributed by atoms with Gasteiger partial charge in [0.2, 0.25) is 11.8 Å². The fourth-order valence-corrected chi connectivity index (χ4v) is 2.71. The van der Waals surface area contributed by atoms with Gasteiger partial charge in [-0.15, -0.1) is 11.7 Å². The number of thiol groups is 1. The average molecular weight is 366 g/mol. The van der Waals surface area contributed by atoms with Gasteiger partial charge in [0.15, 0.2) is 0 Å². The van der Waals surface area contributed by atoms with Gasteiger partial charge in [0.05, 0.1) is 17.6 Å². The second-order valence-electron chi connectivity index (χ2n) is 5.95. The molecule has 1 atom stereocenters. The Hall–Kier alpha value is -0.890. The number of rotatable bonds is 8. The van der Waals surface area contributed by atoms with Crippen LogP contribution in [0.2, 0.25) is 0 Å². The first-order valence-corrected chi connectivity index (χ1v) is 9.49. The van der Waals surface area contributed by atoms with Crippen LogP contribution in [0.3, 0.4) is 0 Å². The number of carbonyl (C=O) groups excluding carboxylic acids is 3. The lowest BCUT2D eigenvalue weighted by atomic mass is 10.1. The van der Waals surface area contributed by atoms with E-state index in [9.17, 15) is 14.4 Å². The van der Waals surface area contributed by atoms with Crippen LogP contribution in [-0.4, -0.2) is 46.4 Å². The van der Waals surface area contributed by atoms with Crippen molar-refractivity contribution < 1.29 is 23.9 Å². The Morgan fingerprint density at radius 1 is 0.870 bits per heavy atom. The minimum atomic E-state index is -1.62. The number of carbonyl (C=O) groups is 3. The normalized spacial score (nSPS) is 12.7. The molecule has 1 amide bonds. The van der Waals surface area contributed by atoms with E-state index in [1.807, 2.05) is 0 Å². The zero-order chi connectivity index (χ0) is 18.3. The van der Waals surface area contributed by atoms with Crippen molar-refractivity contribution >= 4 is 40.3 Å². The quantitative estimate of drug-likeness (QED) is 0.234. The zero-order valence-corrected chi connectivity index (χ0v) is 16.4. The van der Waals surface area contributed by atoms with Crippen LogP contribution in [0.1, 0.15) is 48.5 Å². The third kappa shape index (κ3) is 7.03. The molecule has 134 valence electrons. The largest absolute Gasteiger partial charge is 0.462 e. The Kier molecular flexibility index (Phi) is 9.68. The fourth-order valence-electron chi connectivity index (χ4n) is 1.95. The average Bonchev–Trinajstić information content (AvgIpc) is 2.36. The predicted molar refractivity (Wildman–Crippen MR) is 94.0 cm³/mol. The van der Waals surface area contributed by atoms with Gasteiger partial charge in [0.25, 0.3) is 0 Å².